The number of hydrazine groups is 1. The van der Waals surface area contributed by atoms with Crippen molar-refractivity contribution in [3.63, 3.8) is 0 Å². The van der Waals surface area contributed by atoms with Crippen LogP contribution in [0.2, 0.25) is 0 Å². The number of benzene rings is 2. The van der Waals surface area contributed by atoms with Crippen molar-refractivity contribution in [2.45, 2.75) is 58.6 Å². The minimum absolute atomic E-state index is 0.181. The van der Waals surface area contributed by atoms with E-state index in [1.807, 2.05) is 30.1 Å². The minimum Gasteiger partial charge on any atom is -0.496 e. The Balaban J connectivity index is 1.70. The van der Waals surface area contributed by atoms with Crippen LogP contribution in [-0.2, 0) is 11.3 Å². The Morgan fingerprint density at radius 1 is 1.20 bits per heavy atom. The Bertz CT molecular complexity index is 973. The third-order valence-corrected chi connectivity index (χ3v) is 5.95. The summed E-state index contributed by atoms with van der Waals surface area (Å²) in [7, 11) is 1.63. The predicted molar refractivity (Wildman–Crippen MR) is 116 cm³/mol. The quantitative estimate of drug-likeness (QED) is 0.794. The van der Waals surface area contributed by atoms with E-state index in [4.69, 9.17) is 9.57 Å². The molecule has 6 heteroatoms. The fourth-order valence-electron chi connectivity index (χ4n) is 4.58. The maximum absolute atomic E-state index is 13.4. The molecule has 1 heterocycles. The number of amides is 1. The molecule has 2 aromatic rings. The molecule has 4 rings (SSSR count). The molecule has 1 aliphatic heterocycles. The normalized spacial score (nSPS) is 17.1. The lowest BCUT2D eigenvalue weighted by atomic mass is 10.0. The van der Waals surface area contributed by atoms with E-state index >= 15 is 0 Å². The van der Waals surface area contributed by atoms with E-state index in [-0.39, 0.29) is 5.91 Å². The summed E-state index contributed by atoms with van der Waals surface area (Å²) in [4.78, 5) is 19.4. The van der Waals surface area contributed by atoms with Gasteiger partial charge in [-0.3, -0.25) is 10.2 Å². The Morgan fingerprint density at radius 3 is 2.53 bits per heavy atom. The Labute approximate surface area is 177 Å². The third kappa shape index (κ3) is 3.51. The van der Waals surface area contributed by atoms with Gasteiger partial charge in [0, 0.05) is 29.5 Å². The Kier molecular flexibility index (Phi) is 5.41. The standard InChI is InChI=1S/C24H29N3O3/c1-5-19-20(9-8-10-21(19)29-4)23(28)25-27-22(18-14-16(2)13-17(3)15-18)26-30-24(27)11-6-7-12-24/h8-10,13-15H,5-7,11-12H2,1-4H3,(H,25,28). The molecule has 6 nitrogen and oxygen atoms in total. The first-order valence-electron chi connectivity index (χ1n) is 10.6. The van der Waals surface area contributed by atoms with E-state index in [9.17, 15) is 4.79 Å². The lowest BCUT2D eigenvalue weighted by Crippen LogP contribution is -2.56. The van der Waals surface area contributed by atoms with Crippen LogP contribution in [0.5, 0.6) is 5.75 Å². The molecular formula is C24H29N3O3. The van der Waals surface area contributed by atoms with Gasteiger partial charge in [0.2, 0.25) is 5.72 Å². The van der Waals surface area contributed by atoms with Crippen LogP contribution in [-0.4, -0.2) is 29.6 Å². The van der Waals surface area contributed by atoms with Crippen LogP contribution in [0.15, 0.2) is 41.6 Å². The molecule has 2 aromatic carbocycles. The van der Waals surface area contributed by atoms with Crippen LogP contribution >= 0.6 is 0 Å². The number of rotatable bonds is 5. The first kappa shape index (κ1) is 20.3. The number of nitrogens with zero attached hydrogens (tertiary/aromatic N) is 2. The highest BCUT2D eigenvalue weighted by molar-refractivity contribution is 6.03. The fourth-order valence-corrected chi connectivity index (χ4v) is 4.58. The van der Waals surface area contributed by atoms with Crippen LogP contribution in [0.1, 0.15) is 65.2 Å². The number of methoxy groups -OCH3 is 1. The number of carbonyl (C=O) groups excluding carboxylic acids is 1. The van der Waals surface area contributed by atoms with Crippen LogP contribution in [0.3, 0.4) is 0 Å². The molecule has 1 aliphatic carbocycles. The number of amidine groups is 1. The van der Waals surface area contributed by atoms with Gasteiger partial charge in [-0.05, 0) is 57.4 Å². The van der Waals surface area contributed by atoms with Crippen LogP contribution in [0.4, 0.5) is 0 Å². The molecule has 0 bridgehead atoms. The fraction of sp³-hybridized carbons (Fsp3) is 0.417. The van der Waals surface area contributed by atoms with Crippen molar-refractivity contribution in [3.8, 4) is 5.75 Å². The number of carbonyl (C=O) groups is 1. The van der Waals surface area contributed by atoms with E-state index in [0.29, 0.717) is 17.8 Å². The molecule has 1 spiro atoms. The summed E-state index contributed by atoms with van der Waals surface area (Å²) in [5, 5.41) is 6.29. The molecule has 0 radical (unpaired) electrons. The lowest BCUT2D eigenvalue weighted by Gasteiger charge is -2.34. The number of hydrogen-bond donors (Lipinski definition) is 1. The smallest absolute Gasteiger partial charge is 0.270 e. The Morgan fingerprint density at radius 2 is 1.90 bits per heavy atom. The maximum atomic E-state index is 13.4. The van der Waals surface area contributed by atoms with Gasteiger partial charge in [-0.1, -0.05) is 35.3 Å². The molecular weight excluding hydrogens is 378 g/mol. The van der Waals surface area contributed by atoms with Crippen LogP contribution in [0, 0.1) is 13.8 Å². The summed E-state index contributed by atoms with van der Waals surface area (Å²) in [5.41, 5.74) is 7.24. The highest BCUT2D eigenvalue weighted by Crippen LogP contribution is 2.40. The summed E-state index contributed by atoms with van der Waals surface area (Å²) in [6.45, 7) is 6.14. The maximum Gasteiger partial charge on any atom is 0.270 e. The molecule has 1 fully saturated rings. The molecule has 0 unspecified atom stereocenters. The van der Waals surface area contributed by atoms with Crippen molar-refractivity contribution in [2.24, 2.45) is 5.16 Å². The van der Waals surface area contributed by atoms with Crippen molar-refractivity contribution in [1.82, 2.24) is 10.4 Å². The molecule has 0 atom stereocenters. The van der Waals surface area contributed by atoms with Gasteiger partial charge in [0.1, 0.15) is 5.75 Å². The Hall–Kier alpha value is -3.02. The SMILES string of the molecule is CCc1c(OC)cccc1C(=O)NN1C(c2cc(C)cc(C)c2)=NOC12CCCC2. The van der Waals surface area contributed by atoms with Crippen LogP contribution < -0.4 is 10.2 Å². The molecule has 30 heavy (non-hydrogen) atoms. The average molecular weight is 408 g/mol. The first-order chi connectivity index (χ1) is 14.5. The third-order valence-electron chi connectivity index (χ3n) is 5.95. The largest absolute Gasteiger partial charge is 0.496 e. The first-order valence-corrected chi connectivity index (χ1v) is 10.6. The summed E-state index contributed by atoms with van der Waals surface area (Å²) >= 11 is 0. The van der Waals surface area contributed by atoms with E-state index in [1.165, 1.54) is 0 Å². The molecule has 0 aromatic heterocycles. The molecule has 1 N–H and O–H groups in total. The van der Waals surface area contributed by atoms with Gasteiger partial charge >= 0.3 is 0 Å². The van der Waals surface area contributed by atoms with Crippen LogP contribution in [0.25, 0.3) is 0 Å². The van der Waals surface area contributed by atoms with E-state index in [0.717, 1.165) is 53.7 Å². The number of nitrogens with one attached hydrogen (secondary N) is 1. The second kappa shape index (κ2) is 8.01. The van der Waals surface area contributed by atoms with E-state index in [1.54, 1.807) is 7.11 Å². The highest BCUT2D eigenvalue weighted by atomic mass is 16.7. The lowest BCUT2D eigenvalue weighted by molar-refractivity contribution is -0.106. The molecule has 1 amide bonds. The second-order valence-electron chi connectivity index (χ2n) is 8.15. The topological polar surface area (TPSA) is 63.2 Å². The van der Waals surface area contributed by atoms with Gasteiger partial charge in [0.05, 0.1) is 7.11 Å². The van der Waals surface area contributed by atoms with Crippen molar-refractivity contribution in [1.29, 1.82) is 0 Å². The minimum atomic E-state index is -0.617. The van der Waals surface area contributed by atoms with Gasteiger partial charge in [-0.15, -0.1) is 0 Å². The van der Waals surface area contributed by atoms with Gasteiger partial charge in [0.25, 0.3) is 5.91 Å². The summed E-state index contributed by atoms with van der Waals surface area (Å²) in [6, 6.07) is 11.8. The second-order valence-corrected chi connectivity index (χ2v) is 8.15. The zero-order valence-electron chi connectivity index (χ0n) is 18.1. The number of hydrogen-bond acceptors (Lipinski definition) is 5. The van der Waals surface area contributed by atoms with E-state index in [2.05, 4.69) is 42.6 Å². The average Bonchev–Trinajstić information content (AvgIpc) is 3.34. The summed E-state index contributed by atoms with van der Waals surface area (Å²) in [5.74, 6) is 1.19. The number of aryl methyl sites for hydroxylation is 2. The summed E-state index contributed by atoms with van der Waals surface area (Å²) in [6.07, 6.45) is 4.43. The van der Waals surface area contributed by atoms with Gasteiger partial charge < -0.3 is 9.57 Å². The zero-order chi connectivity index (χ0) is 21.3. The van der Waals surface area contributed by atoms with Crippen molar-refractivity contribution < 1.29 is 14.4 Å². The molecule has 2 aliphatic rings. The van der Waals surface area contributed by atoms with E-state index < -0.39 is 5.72 Å². The predicted octanol–water partition coefficient (Wildman–Crippen LogP) is 4.48. The number of ether oxygens (including phenoxy) is 1. The molecule has 1 saturated carbocycles. The monoisotopic (exact) mass is 407 g/mol. The zero-order valence-corrected chi connectivity index (χ0v) is 18.1. The van der Waals surface area contributed by atoms with Crippen molar-refractivity contribution >= 4 is 11.7 Å². The highest BCUT2D eigenvalue weighted by Gasteiger charge is 2.49. The number of oxime groups is 1. The van der Waals surface area contributed by atoms with Crippen molar-refractivity contribution in [3.05, 3.63) is 64.2 Å². The summed E-state index contributed by atoms with van der Waals surface area (Å²) < 4.78 is 5.47. The van der Waals surface area contributed by atoms with Crippen molar-refractivity contribution in [2.75, 3.05) is 7.11 Å². The molecule has 158 valence electrons. The van der Waals surface area contributed by atoms with Gasteiger partial charge in [-0.25, -0.2) is 5.01 Å². The van der Waals surface area contributed by atoms with Gasteiger partial charge in [0.15, 0.2) is 5.84 Å². The molecule has 0 saturated heterocycles. The van der Waals surface area contributed by atoms with Gasteiger partial charge in [-0.2, -0.15) is 0 Å².